The van der Waals surface area contributed by atoms with Gasteiger partial charge in [-0.15, -0.1) is 0 Å². The Bertz CT molecular complexity index is 644. The van der Waals surface area contributed by atoms with Crippen LogP contribution in [0.15, 0.2) is 51.4 Å². The minimum atomic E-state index is -0.943. The van der Waals surface area contributed by atoms with Gasteiger partial charge < -0.3 is 10.4 Å². The maximum absolute atomic E-state index is 11.2. The summed E-state index contributed by atoms with van der Waals surface area (Å²) in [6, 6.07) is 13.0. The highest BCUT2D eigenvalue weighted by molar-refractivity contribution is 9.10. The Morgan fingerprint density at radius 1 is 1.15 bits per heavy atom. The molecule has 1 atom stereocenters. The lowest BCUT2D eigenvalue weighted by atomic mass is 10.1. The minimum Gasteiger partial charge on any atom is -0.478 e. The van der Waals surface area contributed by atoms with Crippen LogP contribution >= 0.6 is 31.9 Å². The Kier molecular flexibility index (Phi) is 4.83. The summed E-state index contributed by atoms with van der Waals surface area (Å²) in [6.45, 7) is 1.99. The molecule has 0 fully saturated rings. The molecule has 2 aromatic rings. The molecule has 0 saturated heterocycles. The molecule has 5 heteroatoms. The third kappa shape index (κ3) is 3.61. The summed E-state index contributed by atoms with van der Waals surface area (Å²) < 4.78 is 1.84. The lowest BCUT2D eigenvalue weighted by Crippen LogP contribution is -2.10. The molecule has 1 unspecified atom stereocenters. The van der Waals surface area contributed by atoms with Crippen LogP contribution in [0.3, 0.4) is 0 Å². The first kappa shape index (κ1) is 15.1. The third-order valence-corrected chi connectivity index (χ3v) is 3.92. The summed E-state index contributed by atoms with van der Waals surface area (Å²) >= 11 is 6.80. The van der Waals surface area contributed by atoms with Crippen molar-refractivity contribution >= 4 is 43.5 Å². The van der Waals surface area contributed by atoms with E-state index >= 15 is 0 Å². The number of aromatic carboxylic acids is 1. The second kappa shape index (κ2) is 6.41. The van der Waals surface area contributed by atoms with Crippen molar-refractivity contribution in [3.05, 3.63) is 62.5 Å². The van der Waals surface area contributed by atoms with Gasteiger partial charge in [-0.3, -0.25) is 0 Å². The van der Waals surface area contributed by atoms with Gasteiger partial charge in [0.05, 0.1) is 11.3 Å². The van der Waals surface area contributed by atoms with E-state index in [0.29, 0.717) is 5.69 Å². The van der Waals surface area contributed by atoms with Crippen molar-refractivity contribution in [1.29, 1.82) is 0 Å². The summed E-state index contributed by atoms with van der Waals surface area (Å²) in [5.74, 6) is -0.943. The fraction of sp³-hybridized carbons (Fsp3) is 0.133. The quantitative estimate of drug-likeness (QED) is 0.754. The molecule has 0 saturated carbocycles. The molecule has 104 valence electrons. The first-order valence-corrected chi connectivity index (χ1v) is 7.61. The summed E-state index contributed by atoms with van der Waals surface area (Å²) in [6.07, 6.45) is 0. The number of carboxylic acid groups (broad SMARTS) is 1. The molecule has 2 N–H and O–H groups in total. The normalized spacial score (nSPS) is 11.9. The van der Waals surface area contributed by atoms with E-state index in [1.165, 1.54) is 0 Å². The van der Waals surface area contributed by atoms with Gasteiger partial charge in [-0.1, -0.05) is 44.0 Å². The van der Waals surface area contributed by atoms with Crippen LogP contribution in [0.2, 0.25) is 0 Å². The number of halogens is 2. The van der Waals surface area contributed by atoms with Crippen LogP contribution in [0, 0.1) is 0 Å². The fourth-order valence-electron chi connectivity index (χ4n) is 1.91. The Morgan fingerprint density at radius 3 is 2.50 bits per heavy atom. The first-order chi connectivity index (χ1) is 9.47. The molecule has 0 radical (unpaired) electrons. The van der Waals surface area contributed by atoms with Gasteiger partial charge in [0.15, 0.2) is 0 Å². The molecule has 0 aliphatic heterocycles. The SMILES string of the molecule is CC(Nc1cc(Br)ccc1C(=O)O)c1cccc(Br)c1. The van der Waals surface area contributed by atoms with E-state index in [2.05, 4.69) is 37.2 Å². The number of carbonyl (C=O) groups is 1. The molecule has 0 spiro atoms. The molecule has 0 amide bonds. The van der Waals surface area contributed by atoms with E-state index in [1.54, 1.807) is 18.2 Å². The molecule has 20 heavy (non-hydrogen) atoms. The Balaban J connectivity index is 2.29. The maximum Gasteiger partial charge on any atom is 0.337 e. The Hall–Kier alpha value is -1.33. The molecule has 0 heterocycles. The van der Waals surface area contributed by atoms with E-state index in [0.717, 1.165) is 14.5 Å². The lowest BCUT2D eigenvalue weighted by Gasteiger charge is -2.18. The van der Waals surface area contributed by atoms with Gasteiger partial charge in [0, 0.05) is 15.0 Å². The highest BCUT2D eigenvalue weighted by Gasteiger charge is 2.13. The van der Waals surface area contributed by atoms with E-state index in [9.17, 15) is 9.90 Å². The lowest BCUT2D eigenvalue weighted by molar-refractivity contribution is 0.0698. The maximum atomic E-state index is 11.2. The molecule has 0 aliphatic rings. The molecule has 2 rings (SSSR count). The van der Waals surface area contributed by atoms with Crippen LogP contribution in [0.4, 0.5) is 5.69 Å². The largest absolute Gasteiger partial charge is 0.478 e. The van der Waals surface area contributed by atoms with Gasteiger partial charge in [-0.05, 0) is 42.8 Å². The number of benzene rings is 2. The van der Waals surface area contributed by atoms with Crippen molar-refractivity contribution < 1.29 is 9.90 Å². The van der Waals surface area contributed by atoms with Crippen molar-refractivity contribution in [2.24, 2.45) is 0 Å². The van der Waals surface area contributed by atoms with Crippen molar-refractivity contribution in [1.82, 2.24) is 0 Å². The predicted octanol–water partition coefficient (Wildman–Crippen LogP) is 5.08. The van der Waals surface area contributed by atoms with E-state index in [4.69, 9.17) is 0 Å². The van der Waals surface area contributed by atoms with Gasteiger partial charge in [-0.25, -0.2) is 4.79 Å². The van der Waals surface area contributed by atoms with Gasteiger partial charge in [0.1, 0.15) is 0 Å². The van der Waals surface area contributed by atoms with E-state index in [1.807, 2.05) is 31.2 Å². The molecule has 0 bridgehead atoms. The standard InChI is InChI=1S/C15H13Br2NO2/c1-9(10-3-2-4-11(16)7-10)18-14-8-12(17)5-6-13(14)15(19)20/h2-9,18H,1H3,(H,19,20). The summed E-state index contributed by atoms with van der Waals surface area (Å²) in [5.41, 5.74) is 1.94. The second-order valence-electron chi connectivity index (χ2n) is 4.42. The van der Waals surface area contributed by atoms with Gasteiger partial charge >= 0.3 is 5.97 Å². The first-order valence-electron chi connectivity index (χ1n) is 6.02. The average molecular weight is 399 g/mol. The highest BCUT2D eigenvalue weighted by atomic mass is 79.9. The van der Waals surface area contributed by atoms with Crippen LogP contribution in [0.1, 0.15) is 28.9 Å². The van der Waals surface area contributed by atoms with Crippen LogP contribution in [-0.4, -0.2) is 11.1 Å². The zero-order chi connectivity index (χ0) is 14.7. The topological polar surface area (TPSA) is 49.3 Å². The van der Waals surface area contributed by atoms with Crippen LogP contribution in [0.25, 0.3) is 0 Å². The molecule has 3 nitrogen and oxygen atoms in total. The summed E-state index contributed by atoms with van der Waals surface area (Å²) in [4.78, 5) is 11.2. The molecule has 2 aromatic carbocycles. The third-order valence-electron chi connectivity index (χ3n) is 2.93. The van der Waals surface area contributed by atoms with Crippen molar-refractivity contribution in [2.45, 2.75) is 13.0 Å². The minimum absolute atomic E-state index is 0.0000926. The monoisotopic (exact) mass is 397 g/mol. The number of hydrogen-bond donors (Lipinski definition) is 2. The van der Waals surface area contributed by atoms with E-state index < -0.39 is 5.97 Å². The smallest absolute Gasteiger partial charge is 0.337 e. The van der Waals surface area contributed by atoms with Crippen molar-refractivity contribution in [2.75, 3.05) is 5.32 Å². The average Bonchev–Trinajstić information content (AvgIpc) is 2.38. The molecular formula is C15H13Br2NO2. The Labute approximate surface area is 134 Å². The highest BCUT2D eigenvalue weighted by Crippen LogP contribution is 2.27. The van der Waals surface area contributed by atoms with Gasteiger partial charge in [-0.2, -0.15) is 0 Å². The van der Waals surface area contributed by atoms with Crippen LogP contribution < -0.4 is 5.32 Å². The van der Waals surface area contributed by atoms with E-state index in [-0.39, 0.29) is 11.6 Å². The zero-order valence-corrected chi connectivity index (χ0v) is 13.9. The number of anilines is 1. The summed E-state index contributed by atoms with van der Waals surface area (Å²) in [5, 5.41) is 12.5. The number of carboxylic acids is 1. The van der Waals surface area contributed by atoms with Crippen LogP contribution in [-0.2, 0) is 0 Å². The van der Waals surface area contributed by atoms with Crippen LogP contribution in [0.5, 0.6) is 0 Å². The molecule has 0 aromatic heterocycles. The van der Waals surface area contributed by atoms with Crippen molar-refractivity contribution in [3.8, 4) is 0 Å². The van der Waals surface area contributed by atoms with Crippen molar-refractivity contribution in [3.63, 3.8) is 0 Å². The Morgan fingerprint density at radius 2 is 1.85 bits per heavy atom. The second-order valence-corrected chi connectivity index (χ2v) is 6.25. The number of nitrogens with one attached hydrogen (secondary N) is 1. The fourth-order valence-corrected chi connectivity index (χ4v) is 2.69. The molecular weight excluding hydrogens is 386 g/mol. The zero-order valence-electron chi connectivity index (χ0n) is 10.7. The number of hydrogen-bond acceptors (Lipinski definition) is 2. The molecule has 0 aliphatic carbocycles. The van der Waals surface area contributed by atoms with Gasteiger partial charge in [0.25, 0.3) is 0 Å². The summed E-state index contributed by atoms with van der Waals surface area (Å²) in [7, 11) is 0. The van der Waals surface area contributed by atoms with Gasteiger partial charge in [0.2, 0.25) is 0 Å². The number of rotatable bonds is 4. The predicted molar refractivity (Wildman–Crippen MR) is 87.3 cm³/mol.